The number of nitrogens with one attached hydrogen (secondary N) is 1. The first kappa shape index (κ1) is 20.0. The number of rotatable bonds is 11. The van der Waals surface area contributed by atoms with Gasteiger partial charge in [0, 0.05) is 29.7 Å². The fourth-order valence-corrected chi connectivity index (χ4v) is 4.32. The third-order valence-electron chi connectivity index (χ3n) is 5.75. The first-order valence-corrected chi connectivity index (χ1v) is 11.0. The smallest absolute Gasteiger partial charge is 0.162 e. The molecule has 1 aliphatic carbocycles. The lowest BCUT2D eigenvalue weighted by Gasteiger charge is -2.26. The van der Waals surface area contributed by atoms with Gasteiger partial charge in [0.1, 0.15) is 5.75 Å². The van der Waals surface area contributed by atoms with Gasteiger partial charge in [0.2, 0.25) is 0 Å². The summed E-state index contributed by atoms with van der Waals surface area (Å²) in [5.74, 6) is 0.917. The lowest BCUT2D eigenvalue weighted by Crippen LogP contribution is -2.28. The van der Waals surface area contributed by atoms with Crippen molar-refractivity contribution in [2.45, 2.75) is 45.1 Å². The zero-order valence-corrected chi connectivity index (χ0v) is 17.6. The Kier molecular flexibility index (Phi) is 6.22. The van der Waals surface area contributed by atoms with E-state index >= 15 is 0 Å². The van der Waals surface area contributed by atoms with Crippen molar-refractivity contribution in [3.8, 4) is 5.75 Å². The van der Waals surface area contributed by atoms with E-state index in [4.69, 9.17) is 9.57 Å². The van der Waals surface area contributed by atoms with Gasteiger partial charge >= 0.3 is 0 Å². The second-order valence-corrected chi connectivity index (χ2v) is 7.97. The molecule has 1 fully saturated rings. The predicted molar refractivity (Wildman–Crippen MR) is 117 cm³/mol. The van der Waals surface area contributed by atoms with Gasteiger partial charge in [-0.3, -0.25) is 10.3 Å². The van der Waals surface area contributed by atoms with Gasteiger partial charge in [-0.05, 0) is 44.5 Å². The SMILES string of the molecule is CCCN(CCC)CCCONC1=C2CC2(c2ccccc2)Oc2ccccc21. The van der Waals surface area contributed by atoms with Crippen LogP contribution in [0.4, 0.5) is 0 Å². The van der Waals surface area contributed by atoms with Crippen LogP contribution in [0.1, 0.15) is 50.7 Å². The molecule has 0 amide bonds. The monoisotopic (exact) mass is 392 g/mol. The Hall–Kier alpha value is -2.30. The van der Waals surface area contributed by atoms with Crippen LogP contribution in [-0.4, -0.2) is 31.1 Å². The van der Waals surface area contributed by atoms with E-state index in [0.29, 0.717) is 6.61 Å². The number of nitrogens with zero attached hydrogens (tertiary/aromatic N) is 1. The highest BCUT2D eigenvalue weighted by Crippen LogP contribution is 2.60. The fraction of sp³-hybridized carbons (Fsp3) is 0.440. The second-order valence-electron chi connectivity index (χ2n) is 7.97. The number of para-hydroxylation sites is 1. The van der Waals surface area contributed by atoms with Crippen molar-refractivity contribution in [3.05, 3.63) is 71.3 Å². The molecular formula is C25H32N2O2. The van der Waals surface area contributed by atoms with Crippen LogP contribution in [0.25, 0.3) is 5.70 Å². The molecule has 1 N–H and O–H groups in total. The van der Waals surface area contributed by atoms with Gasteiger partial charge in [-0.1, -0.05) is 56.3 Å². The maximum atomic E-state index is 6.46. The molecular weight excluding hydrogens is 360 g/mol. The van der Waals surface area contributed by atoms with Gasteiger partial charge in [0.25, 0.3) is 0 Å². The van der Waals surface area contributed by atoms with Gasteiger partial charge in [-0.15, -0.1) is 0 Å². The molecule has 0 aromatic heterocycles. The van der Waals surface area contributed by atoms with Crippen LogP contribution in [0.5, 0.6) is 5.75 Å². The van der Waals surface area contributed by atoms with Crippen molar-refractivity contribution in [1.29, 1.82) is 0 Å². The maximum absolute atomic E-state index is 6.46. The third kappa shape index (κ3) is 4.19. The summed E-state index contributed by atoms with van der Waals surface area (Å²) >= 11 is 0. The molecule has 1 aliphatic heterocycles. The summed E-state index contributed by atoms with van der Waals surface area (Å²) in [6.07, 6.45) is 4.33. The van der Waals surface area contributed by atoms with Crippen molar-refractivity contribution in [1.82, 2.24) is 10.4 Å². The van der Waals surface area contributed by atoms with Crippen molar-refractivity contribution in [2.24, 2.45) is 0 Å². The molecule has 154 valence electrons. The summed E-state index contributed by atoms with van der Waals surface area (Å²) in [6, 6.07) is 18.7. The molecule has 1 saturated carbocycles. The minimum atomic E-state index is -0.333. The van der Waals surface area contributed by atoms with E-state index in [0.717, 1.165) is 36.4 Å². The average Bonchev–Trinajstić information content (AvgIpc) is 3.49. The summed E-state index contributed by atoms with van der Waals surface area (Å²) in [4.78, 5) is 8.45. The molecule has 0 bridgehead atoms. The Bertz CT molecular complexity index is 843. The summed E-state index contributed by atoms with van der Waals surface area (Å²) < 4.78 is 6.46. The molecule has 4 heteroatoms. The molecule has 0 spiro atoms. The molecule has 2 aromatic carbocycles. The second kappa shape index (κ2) is 9.02. The molecule has 1 atom stereocenters. The first-order chi connectivity index (χ1) is 14.3. The van der Waals surface area contributed by atoms with Crippen LogP contribution in [0, 0.1) is 0 Å². The van der Waals surface area contributed by atoms with E-state index in [9.17, 15) is 0 Å². The topological polar surface area (TPSA) is 33.7 Å². The molecule has 29 heavy (non-hydrogen) atoms. The van der Waals surface area contributed by atoms with Crippen molar-refractivity contribution >= 4 is 5.70 Å². The Morgan fingerprint density at radius 3 is 2.45 bits per heavy atom. The standard InChI is InChI=1S/C25H32N2O2/c1-3-15-27(16-4-2)17-10-18-28-26-24-21-13-8-9-14-23(21)29-25(19-22(24)25)20-11-6-5-7-12-20/h5-9,11-14,26H,3-4,10,15-19H2,1-2H3. The highest BCUT2D eigenvalue weighted by molar-refractivity contribution is 5.80. The number of benzene rings is 2. The van der Waals surface area contributed by atoms with Crippen LogP contribution in [0.3, 0.4) is 0 Å². The fourth-order valence-electron chi connectivity index (χ4n) is 4.32. The normalized spacial score (nSPS) is 19.6. The van der Waals surface area contributed by atoms with Crippen molar-refractivity contribution in [2.75, 3.05) is 26.2 Å². The van der Waals surface area contributed by atoms with Crippen LogP contribution >= 0.6 is 0 Å². The minimum Gasteiger partial charge on any atom is -0.477 e. The van der Waals surface area contributed by atoms with E-state index in [1.54, 1.807) is 0 Å². The van der Waals surface area contributed by atoms with Crippen LogP contribution in [-0.2, 0) is 10.4 Å². The number of fused-ring (bicyclic) bond motifs is 2. The molecule has 2 aromatic rings. The van der Waals surface area contributed by atoms with E-state index in [1.807, 2.05) is 18.2 Å². The van der Waals surface area contributed by atoms with E-state index in [-0.39, 0.29) is 5.60 Å². The summed E-state index contributed by atoms with van der Waals surface area (Å²) in [5, 5.41) is 0. The quantitative estimate of drug-likeness (QED) is 0.425. The molecule has 2 aliphatic rings. The highest BCUT2D eigenvalue weighted by Gasteiger charge is 2.58. The van der Waals surface area contributed by atoms with Crippen LogP contribution in [0.15, 0.2) is 60.2 Å². The van der Waals surface area contributed by atoms with Gasteiger partial charge in [0.05, 0.1) is 12.3 Å². The van der Waals surface area contributed by atoms with E-state index < -0.39 is 0 Å². The van der Waals surface area contributed by atoms with Crippen LogP contribution < -0.4 is 10.2 Å². The van der Waals surface area contributed by atoms with Gasteiger partial charge in [0.15, 0.2) is 5.60 Å². The Morgan fingerprint density at radius 1 is 0.966 bits per heavy atom. The summed E-state index contributed by atoms with van der Waals surface area (Å²) in [5.41, 5.74) is 7.60. The summed E-state index contributed by atoms with van der Waals surface area (Å²) in [7, 11) is 0. The molecule has 0 radical (unpaired) electrons. The first-order valence-electron chi connectivity index (χ1n) is 11.0. The molecule has 4 nitrogen and oxygen atoms in total. The maximum Gasteiger partial charge on any atom is 0.162 e. The average molecular weight is 393 g/mol. The highest BCUT2D eigenvalue weighted by atomic mass is 16.6. The van der Waals surface area contributed by atoms with Gasteiger partial charge in [-0.2, -0.15) is 0 Å². The predicted octanol–water partition coefficient (Wildman–Crippen LogP) is 5.12. The number of hydrogen-bond donors (Lipinski definition) is 1. The van der Waals surface area contributed by atoms with Crippen LogP contribution in [0.2, 0.25) is 0 Å². The Morgan fingerprint density at radius 2 is 1.69 bits per heavy atom. The molecule has 4 rings (SSSR count). The minimum absolute atomic E-state index is 0.333. The van der Waals surface area contributed by atoms with Crippen molar-refractivity contribution < 1.29 is 9.57 Å². The van der Waals surface area contributed by atoms with E-state index in [2.05, 4.69) is 60.6 Å². The summed E-state index contributed by atoms with van der Waals surface area (Å²) in [6.45, 7) is 8.60. The number of hydrogen-bond acceptors (Lipinski definition) is 4. The third-order valence-corrected chi connectivity index (χ3v) is 5.75. The molecule has 0 saturated heterocycles. The van der Waals surface area contributed by atoms with Gasteiger partial charge < -0.3 is 9.64 Å². The molecule has 1 heterocycles. The van der Waals surface area contributed by atoms with Crippen molar-refractivity contribution in [3.63, 3.8) is 0 Å². The zero-order chi connectivity index (χ0) is 20.1. The van der Waals surface area contributed by atoms with Gasteiger partial charge in [-0.25, -0.2) is 0 Å². The van der Waals surface area contributed by atoms with E-state index in [1.165, 1.54) is 37.1 Å². The largest absolute Gasteiger partial charge is 0.477 e. The number of hydroxylamine groups is 1. The Balaban J connectivity index is 1.42. The lowest BCUT2D eigenvalue weighted by molar-refractivity contribution is 0.0679. The number of ether oxygens (including phenoxy) is 1. The lowest BCUT2D eigenvalue weighted by atomic mass is 10.0. The molecule has 1 unspecified atom stereocenters. The zero-order valence-electron chi connectivity index (χ0n) is 17.6. The Labute approximate surface area is 174 Å².